The van der Waals surface area contributed by atoms with Gasteiger partial charge in [0.25, 0.3) is 0 Å². The highest BCUT2D eigenvalue weighted by molar-refractivity contribution is 9.10. The first kappa shape index (κ1) is 17.5. The molecule has 0 saturated carbocycles. The maximum atomic E-state index is 12.9. The van der Waals surface area contributed by atoms with Crippen LogP contribution in [0.3, 0.4) is 0 Å². The molecule has 0 amide bonds. The zero-order chi connectivity index (χ0) is 13.4. The molecule has 2 N–H and O–H groups in total. The summed E-state index contributed by atoms with van der Waals surface area (Å²) in [6.45, 7) is 0. The van der Waals surface area contributed by atoms with Crippen molar-refractivity contribution in [3.63, 3.8) is 0 Å². The molecule has 0 bridgehead atoms. The summed E-state index contributed by atoms with van der Waals surface area (Å²) in [5.41, 5.74) is 4.37. The molecule has 0 spiro atoms. The Hall–Kier alpha value is -0.470. The van der Waals surface area contributed by atoms with Crippen molar-refractivity contribution in [2.45, 2.75) is 18.1 Å². The van der Waals surface area contributed by atoms with Crippen molar-refractivity contribution in [1.82, 2.24) is 0 Å². The molecular formula is C9H7BrClF6N. The predicted molar refractivity (Wildman–Crippen MR) is 59.3 cm³/mol. The number of hydrogen-bond acceptors (Lipinski definition) is 1. The minimum absolute atomic E-state index is 0. The van der Waals surface area contributed by atoms with Gasteiger partial charge in [0.1, 0.15) is 11.9 Å². The van der Waals surface area contributed by atoms with Crippen LogP contribution in [0.5, 0.6) is 0 Å². The van der Waals surface area contributed by atoms with Gasteiger partial charge in [-0.2, -0.15) is 22.0 Å². The summed E-state index contributed by atoms with van der Waals surface area (Å²) in [6, 6.07) is -0.296. The van der Waals surface area contributed by atoms with E-state index in [0.717, 1.165) is 18.2 Å². The van der Waals surface area contributed by atoms with Gasteiger partial charge in [0.2, 0.25) is 0 Å². The molecule has 0 radical (unpaired) electrons. The minimum atomic E-state index is -5.76. The summed E-state index contributed by atoms with van der Waals surface area (Å²) in [4.78, 5) is 0. The van der Waals surface area contributed by atoms with Gasteiger partial charge in [-0.15, -0.1) is 12.4 Å². The van der Waals surface area contributed by atoms with E-state index in [1.165, 1.54) is 0 Å². The van der Waals surface area contributed by atoms with Crippen molar-refractivity contribution in [3.8, 4) is 0 Å². The SMILES string of the molecule is Cl.N[C@@H](c1ccc(F)cc1Br)C(F)(F)C(F)(F)F. The van der Waals surface area contributed by atoms with E-state index in [9.17, 15) is 26.3 Å². The molecule has 0 aromatic heterocycles. The van der Waals surface area contributed by atoms with Crippen LogP contribution in [0.2, 0.25) is 0 Å². The van der Waals surface area contributed by atoms with Crippen LogP contribution in [-0.2, 0) is 0 Å². The third-order valence-electron chi connectivity index (χ3n) is 2.07. The van der Waals surface area contributed by atoms with E-state index in [1.807, 2.05) is 0 Å². The van der Waals surface area contributed by atoms with E-state index in [-0.39, 0.29) is 16.9 Å². The molecule has 0 aliphatic carbocycles. The Morgan fingerprint density at radius 1 is 1.11 bits per heavy atom. The van der Waals surface area contributed by atoms with Gasteiger partial charge in [-0.1, -0.05) is 22.0 Å². The Morgan fingerprint density at radius 2 is 1.61 bits per heavy atom. The number of alkyl halides is 5. The van der Waals surface area contributed by atoms with E-state index in [2.05, 4.69) is 15.9 Å². The molecule has 9 heteroatoms. The van der Waals surface area contributed by atoms with Crippen molar-refractivity contribution in [1.29, 1.82) is 0 Å². The molecule has 1 aromatic rings. The molecule has 0 heterocycles. The fraction of sp³-hybridized carbons (Fsp3) is 0.333. The third kappa shape index (κ3) is 3.30. The standard InChI is InChI=1S/C9H6BrF6N.ClH/c10-6-3-4(11)1-2-5(6)7(17)8(12,13)9(14,15)16;/h1-3,7H,17H2;1H/t7-;/m0./s1. The second-order valence-corrected chi connectivity index (χ2v) is 4.12. The largest absolute Gasteiger partial charge is 0.455 e. The average Bonchev–Trinajstić information content (AvgIpc) is 2.14. The van der Waals surface area contributed by atoms with Crippen molar-refractivity contribution < 1.29 is 26.3 Å². The fourth-order valence-electron chi connectivity index (χ4n) is 1.13. The lowest BCUT2D eigenvalue weighted by molar-refractivity contribution is -0.291. The highest BCUT2D eigenvalue weighted by atomic mass is 79.9. The van der Waals surface area contributed by atoms with Crippen LogP contribution in [0.25, 0.3) is 0 Å². The highest BCUT2D eigenvalue weighted by Crippen LogP contribution is 2.44. The molecular weight excluding hydrogens is 351 g/mol. The maximum Gasteiger partial charge on any atom is 0.455 e. The van der Waals surface area contributed by atoms with Crippen LogP contribution < -0.4 is 5.73 Å². The second-order valence-electron chi connectivity index (χ2n) is 3.26. The lowest BCUT2D eigenvalue weighted by Crippen LogP contribution is -2.46. The predicted octanol–water partition coefficient (Wildman–Crippen LogP) is 4.21. The first-order valence-corrected chi connectivity index (χ1v) is 5.01. The molecule has 1 atom stereocenters. The Kier molecular flexibility index (Phi) is 5.52. The van der Waals surface area contributed by atoms with E-state index in [0.29, 0.717) is 0 Å². The van der Waals surface area contributed by atoms with E-state index >= 15 is 0 Å². The summed E-state index contributed by atoms with van der Waals surface area (Å²) < 4.78 is 74.5. The van der Waals surface area contributed by atoms with Crippen molar-refractivity contribution in [3.05, 3.63) is 34.1 Å². The lowest BCUT2D eigenvalue weighted by Gasteiger charge is -2.26. The van der Waals surface area contributed by atoms with Gasteiger partial charge in [0.15, 0.2) is 0 Å². The van der Waals surface area contributed by atoms with Gasteiger partial charge >= 0.3 is 12.1 Å². The van der Waals surface area contributed by atoms with Crippen molar-refractivity contribution in [2.75, 3.05) is 0 Å². The lowest BCUT2D eigenvalue weighted by atomic mass is 10.0. The summed E-state index contributed by atoms with van der Waals surface area (Å²) >= 11 is 2.69. The van der Waals surface area contributed by atoms with Crippen LogP contribution in [0.4, 0.5) is 26.3 Å². The highest BCUT2D eigenvalue weighted by Gasteiger charge is 2.61. The molecule has 104 valence electrons. The molecule has 1 rings (SSSR count). The topological polar surface area (TPSA) is 26.0 Å². The van der Waals surface area contributed by atoms with Gasteiger partial charge in [-0.3, -0.25) is 0 Å². The molecule has 0 unspecified atom stereocenters. The molecule has 0 aliphatic rings. The molecule has 1 nitrogen and oxygen atoms in total. The zero-order valence-electron chi connectivity index (χ0n) is 8.44. The summed E-state index contributed by atoms with van der Waals surface area (Å²) in [7, 11) is 0. The minimum Gasteiger partial charge on any atom is -0.319 e. The number of hydrogen-bond donors (Lipinski definition) is 1. The van der Waals surface area contributed by atoms with Crippen LogP contribution in [-0.4, -0.2) is 12.1 Å². The summed E-state index contributed by atoms with van der Waals surface area (Å²) in [5, 5.41) is 0. The Bertz CT molecular complexity index is 422. The number of benzene rings is 1. The van der Waals surface area contributed by atoms with Crippen LogP contribution >= 0.6 is 28.3 Å². The normalized spacial score (nSPS) is 14.0. The smallest absolute Gasteiger partial charge is 0.319 e. The third-order valence-corrected chi connectivity index (χ3v) is 2.75. The van der Waals surface area contributed by atoms with Crippen LogP contribution in [0.1, 0.15) is 11.6 Å². The summed E-state index contributed by atoms with van der Waals surface area (Å²) in [5.74, 6) is -5.86. The van der Waals surface area contributed by atoms with Crippen LogP contribution in [0, 0.1) is 5.82 Å². The average molecular weight is 359 g/mol. The van der Waals surface area contributed by atoms with E-state index in [4.69, 9.17) is 5.73 Å². The molecule has 0 fully saturated rings. The summed E-state index contributed by atoms with van der Waals surface area (Å²) in [6.07, 6.45) is -5.76. The van der Waals surface area contributed by atoms with E-state index in [1.54, 1.807) is 0 Å². The van der Waals surface area contributed by atoms with Gasteiger partial charge < -0.3 is 5.73 Å². The van der Waals surface area contributed by atoms with Crippen molar-refractivity contribution >= 4 is 28.3 Å². The molecule has 1 aromatic carbocycles. The quantitative estimate of drug-likeness (QED) is 0.788. The van der Waals surface area contributed by atoms with Gasteiger partial charge in [-0.25, -0.2) is 4.39 Å². The number of rotatable bonds is 2. The Morgan fingerprint density at radius 3 is 2.00 bits per heavy atom. The van der Waals surface area contributed by atoms with E-state index < -0.39 is 29.5 Å². The molecule has 18 heavy (non-hydrogen) atoms. The second kappa shape index (κ2) is 5.66. The first-order chi connectivity index (χ1) is 7.57. The first-order valence-electron chi connectivity index (χ1n) is 4.22. The Labute approximate surface area is 113 Å². The van der Waals surface area contributed by atoms with Gasteiger partial charge in [0, 0.05) is 4.47 Å². The van der Waals surface area contributed by atoms with Crippen LogP contribution in [0.15, 0.2) is 22.7 Å². The maximum absolute atomic E-state index is 12.9. The fourth-order valence-corrected chi connectivity index (χ4v) is 1.72. The Balaban J connectivity index is 0.00000289. The monoisotopic (exact) mass is 357 g/mol. The van der Waals surface area contributed by atoms with Gasteiger partial charge in [-0.05, 0) is 17.7 Å². The van der Waals surface area contributed by atoms with Crippen molar-refractivity contribution in [2.24, 2.45) is 5.73 Å². The van der Waals surface area contributed by atoms with Gasteiger partial charge in [0.05, 0.1) is 0 Å². The molecule has 0 saturated heterocycles. The molecule has 0 aliphatic heterocycles. The zero-order valence-corrected chi connectivity index (χ0v) is 10.8. The number of halogens is 8. The number of nitrogens with two attached hydrogens (primary N) is 1.